The Morgan fingerprint density at radius 1 is 1.06 bits per heavy atom. The Morgan fingerprint density at radius 2 is 1.86 bits per heavy atom. The summed E-state index contributed by atoms with van der Waals surface area (Å²) < 4.78 is 6.11. The number of nitrogens with zero attached hydrogens (tertiary/aromatic N) is 3. The van der Waals surface area contributed by atoms with E-state index in [0.717, 1.165) is 80.3 Å². The second-order valence-electron chi connectivity index (χ2n) is 10.8. The van der Waals surface area contributed by atoms with Crippen LogP contribution in [0.25, 0.3) is 22.2 Å². The first-order valence-corrected chi connectivity index (χ1v) is 13.7. The Hall–Kier alpha value is -2.70. The number of benzene rings is 2. The number of oxazole rings is 1. The maximum atomic E-state index is 12.7. The van der Waals surface area contributed by atoms with Gasteiger partial charge in [-0.3, -0.25) is 9.69 Å². The summed E-state index contributed by atoms with van der Waals surface area (Å²) in [4.78, 5) is 22.6. The fraction of sp³-hybridized carbons (Fsp3) is 0.533. The van der Waals surface area contributed by atoms with E-state index in [1.165, 1.54) is 31.3 Å². The Balaban J connectivity index is 1.09. The topological polar surface area (TPSA) is 61.6 Å². The summed E-state index contributed by atoms with van der Waals surface area (Å²) in [6, 6.07) is 14.6. The lowest BCUT2D eigenvalue weighted by Crippen LogP contribution is -2.41. The van der Waals surface area contributed by atoms with Crippen molar-refractivity contribution in [3.8, 4) is 11.5 Å². The number of aromatic nitrogens is 1. The van der Waals surface area contributed by atoms with Gasteiger partial charge in [0.1, 0.15) is 5.76 Å². The van der Waals surface area contributed by atoms with Gasteiger partial charge in [-0.2, -0.15) is 0 Å². The van der Waals surface area contributed by atoms with Gasteiger partial charge >= 0.3 is 0 Å². The maximum Gasteiger partial charge on any atom is 0.227 e. The molecule has 0 unspecified atom stereocenters. The van der Waals surface area contributed by atoms with Gasteiger partial charge in [0.05, 0.1) is 5.69 Å². The molecule has 3 heterocycles. The summed E-state index contributed by atoms with van der Waals surface area (Å²) in [5.74, 6) is 2.73. The van der Waals surface area contributed by atoms with Gasteiger partial charge in [0, 0.05) is 31.1 Å². The molecule has 0 aliphatic carbocycles. The van der Waals surface area contributed by atoms with Crippen molar-refractivity contribution in [2.45, 2.75) is 52.5 Å². The molecular formula is C30H40N4O2. The number of rotatable bonds is 8. The molecule has 3 aromatic rings. The van der Waals surface area contributed by atoms with Gasteiger partial charge in [0.25, 0.3) is 0 Å². The highest BCUT2D eigenvalue weighted by atomic mass is 16.4. The summed E-state index contributed by atoms with van der Waals surface area (Å²) >= 11 is 0. The van der Waals surface area contributed by atoms with Crippen molar-refractivity contribution in [2.75, 3.05) is 39.3 Å². The molecule has 6 heteroatoms. The van der Waals surface area contributed by atoms with Gasteiger partial charge in [0.15, 0.2) is 0 Å². The van der Waals surface area contributed by atoms with Gasteiger partial charge in [0.2, 0.25) is 11.8 Å². The third-order valence-corrected chi connectivity index (χ3v) is 7.94. The van der Waals surface area contributed by atoms with Gasteiger partial charge in [-0.15, -0.1) is 0 Å². The second-order valence-corrected chi connectivity index (χ2v) is 10.8. The van der Waals surface area contributed by atoms with E-state index in [9.17, 15) is 4.79 Å². The zero-order chi connectivity index (χ0) is 24.9. The minimum atomic E-state index is 0.126. The summed E-state index contributed by atoms with van der Waals surface area (Å²) in [7, 11) is 0. The van der Waals surface area contributed by atoms with Crippen LogP contribution in [0.5, 0.6) is 0 Å². The van der Waals surface area contributed by atoms with E-state index in [1.807, 2.05) is 6.92 Å². The van der Waals surface area contributed by atoms with Crippen LogP contribution in [0.2, 0.25) is 0 Å². The number of hydrogen-bond acceptors (Lipinski definition) is 5. The van der Waals surface area contributed by atoms with Crippen molar-refractivity contribution in [3.05, 3.63) is 53.9 Å². The number of carbonyl (C=O) groups is 1. The lowest BCUT2D eigenvalue weighted by Gasteiger charge is -2.31. The van der Waals surface area contributed by atoms with Gasteiger partial charge in [-0.25, -0.2) is 4.98 Å². The molecule has 2 fully saturated rings. The molecule has 1 aromatic heterocycles. The number of hydrogen-bond donors (Lipinski definition) is 1. The van der Waals surface area contributed by atoms with E-state index < -0.39 is 0 Å². The summed E-state index contributed by atoms with van der Waals surface area (Å²) in [5, 5.41) is 5.55. The molecule has 2 aromatic carbocycles. The van der Waals surface area contributed by atoms with E-state index in [4.69, 9.17) is 9.40 Å². The van der Waals surface area contributed by atoms with Crippen molar-refractivity contribution < 1.29 is 9.21 Å². The third kappa shape index (κ3) is 5.98. The van der Waals surface area contributed by atoms with Crippen LogP contribution in [0.3, 0.4) is 0 Å². The highest BCUT2D eigenvalue weighted by molar-refractivity contribution is 5.94. The number of carbonyl (C=O) groups excluding carboxylic acids is 1. The van der Waals surface area contributed by atoms with E-state index in [-0.39, 0.29) is 11.8 Å². The molecular weight excluding hydrogens is 448 g/mol. The molecule has 1 amide bonds. The second kappa shape index (κ2) is 11.6. The van der Waals surface area contributed by atoms with Crippen LogP contribution in [0.1, 0.15) is 50.5 Å². The third-order valence-electron chi connectivity index (χ3n) is 7.94. The van der Waals surface area contributed by atoms with Crippen molar-refractivity contribution in [2.24, 2.45) is 11.8 Å². The molecule has 2 aliphatic rings. The van der Waals surface area contributed by atoms with Gasteiger partial charge in [-0.05, 0) is 88.0 Å². The number of piperidine rings is 2. The molecule has 6 nitrogen and oxygen atoms in total. The van der Waals surface area contributed by atoms with Gasteiger partial charge < -0.3 is 14.6 Å². The summed E-state index contributed by atoms with van der Waals surface area (Å²) in [6.45, 7) is 11.3. The molecule has 192 valence electrons. The van der Waals surface area contributed by atoms with Crippen molar-refractivity contribution in [1.29, 1.82) is 0 Å². The van der Waals surface area contributed by atoms with Crippen LogP contribution in [0, 0.1) is 18.8 Å². The van der Waals surface area contributed by atoms with Crippen LogP contribution in [-0.2, 0) is 11.3 Å². The Kier molecular flexibility index (Phi) is 8.02. The minimum Gasteiger partial charge on any atom is -0.441 e. The van der Waals surface area contributed by atoms with Crippen molar-refractivity contribution >= 4 is 16.7 Å². The first-order chi connectivity index (χ1) is 17.6. The van der Waals surface area contributed by atoms with Crippen LogP contribution in [0.15, 0.2) is 46.9 Å². The standard InChI is InChI=1S/C30H40N4O2/c1-22-8-6-16-33(20-22)17-7-15-31-29(35)25-13-18-34(19-14-25)21-28-23(2)36-30(32-28)27-12-5-10-24-9-3-4-11-26(24)27/h3-5,9-12,22,25H,6-8,13-21H2,1-2H3,(H,31,35)/t22-/m1/s1. The lowest BCUT2D eigenvalue weighted by atomic mass is 9.95. The van der Waals surface area contributed by atoms with Crippen LogP contribution < -0.4 is 5.32 Å². The lowest BCUT2D eigenvalue weighted by molar-refractivity contribution is -0.126. The van der Waals surface area contributed by atoms with Crippen LogP contribution in [-0.4, -0.2) is 60.0 Å². The van der Waals surface area contributed by atoms with Crippen molar-refractivity contribution in [1.82, 2.24) is 20.1 Å². The number of nitrogens with one attached hydrogen (secondary N) is 1. The molecule has 2 saturated heterocycles. The molecule has 2 aliphatic heterocycles. The monoisotopic (exact) mass is 488 g/mol. The molecule has 0 spiro atoms. The zero-order valence-corrected chi connectivity index (χ0v) is 21.8. The maximum absolute atomic E-state index is 12.7. The number of aryl methyl sites for hydroxylation is 1. The first-order valence-electron chi connectivity index (χ1n) is 13.7. The fourth-order valence-corrected chi connectivity index (χ4v) is 5.82. The first kappa shape index (κ1) is 25.0. The predicted molar refractivity (Wildman–Crippen MR) is 145 cm³/mol. The SMILES string of the molecule is Cc1oc(-c2cccc3ccccc23)nc1CN1CCC(C(=O)NCCCN2CCC[C@@H](C)C2)CC1. The van der Waals surface area contributed by atoms with Crippen LogP contribution >= 0.6 is 0 Å². The van der Waals surface area contributed by atoms with Crippen LogP contribution in [0.4, 0.5) is 0 Å². The molecule has 0 saturated carbocycles. The fourth-order valence-electron chi connectivity index (χ4n) is 5.82. The Morgan fingerprint density at radius 3 is 2.69 bits per heavy atom. The average Bonchev–Trinajstić information content (AvgIpc) is 3.26. The number of fused-ring (bicyclic) bond motifs is 1. The number of amides is 1. The Labute approximate surface area is 215 Å². The largest absolute Gasteiger partial charge is 0.441 e. The molecule has 0 radical (unpaired) electrons. The number of likely N-dealkylation sites (tertiary alicyclic amines) is 2. The van der Waals surface area contributed by atoms with E-state index in [2.05, 4.69) is 64.5 Å². The summed E-state index contributed by atoms with van der Waals surface area (Å²) in [6.07, 6.45) is 5.52. The van der Waals surface area contributed by atoms with Gasteiger partial charge in [-0.1, -0.05) is 43.3 Å². The normalized spacial score (nSPS) is 20.1. The Bertz CT molecular complexity index is 1160. The smallest absolute Gasteiger partial charge is 0.227 e. The molecule has 36 heavy (non-hydrogen) atoms. The predicted octanol–water partition coefficient (Wildman–Crippen LogP) is 5.25. The highest BCUT2D eigenvalue weighted by Gasteiger charge is 2.26. The minimum absolute atomic E-state index is 0.126. The molecule has 0 bridgehead atoms. The quantitative estimate of drug-likeness (QED) is 0.439. The van der Waals surface area contributed by atoms with E-state index in [1.54, 1.807) is 0 Å². The molecule has 5 rings (SSSR count). The summed E-state index contributed by atoms with van der Waals surface area (Å²) in [5.41, 5.74) is 2.03. The van der Waals surface area contributed by atoms with E-state index >= 15 is 0 Å². The average molecular weight is 489 g/mol. The van der Waals surface area contributed by atoms with Crippen molar-refractivity contribution in [3.63, 3.8) is 0 Å². The van der Waals surface area contributed by atoms with E-state index in [0.29, 0.717) is 5.89 Å². The molecule has 1 atom stereocenters. The molecule has 1 N–H and O–H groups in total. The zero-order valence-electron chi connectivity index (χ0n) is 21.8. The highest BCUT2D eigenvalue weighted by Crippen LogP contribution is 2.30.